The predicted molar refractivity (Wildman–Crippen MR) is 145 cm³/mol. The first kappa shape index (κ1) is 27.2. The number of nitrogens with zero attached hydrogens (tertiary/aromatic N) is 2. The van der Waals surface area contributed by atoms with Crippen molar-refractivity contribution in [2.24, 2.45) is 11.1 Å². The van der Waals surface area contributed by atoms with Gasteiger partial charge in [-0.3, -0.25) is 0 Å². The van der Waals surface area contributed by atoms with E-state index in [0.29, 0.717) is 17.1 Å². The summed E-state index contributed by atoms with van der Waals surface area (Å²) in [5.74, 6) is 0. The van der Waals surface area contributed by atoms with Crippen molar-refractivity contribution in [2.45, 2.75) is 55.1 Å². The number of rotatable bonds is 5. The Bertz CT molecular complexity index is 1090. The van der Waals surface area contributed by atoms with Gasteiger partial charge in [0.15, 0.2) is 0 Å². The van der Waals surface area contributed by atoms with Gasteiger partial charge in [-0.2, -0.15) is 13.2 Å². The molecule has 5 rings (SSSR count). The fraction of sp³-hybridized carbons (Fsp3) is 0.538. The van der Waals surface area contributed by atoms with Crippen molar-refractivity contribution in [2.75, 3.05) is 54.8 Å². The van der Waals surface area contributed by atoms with E-state index in [9.17, 15) is 13.2 Å². The normalized spacial score (nSPS) is 19.8. The van der Waals surface area contributed by atoms with Crippen LogP contribution in [0.1, 0.15) is 38.7 Å². The molecule has 4 N–H and O–H groups in total. The Morgan fingerprint density at radius 1 is 1.11 bits per heavy atom. The Labute approximate surface area is 221 Å². The molecule has 3 aliphatic rings. The van der Waals surface area contributed by atoms with Crippen LogP contribution in [0, 0.1) is 5.41 Å². The van der Waals surface area contributed by atoms with Crippen LogP contribution in [0.4, 0.5) is 35.9 Å². The van der Waals surface area contributed by atoms with Gasteiger partial charge in [-0.05, 0) is 55.0 Å². The first-order chi connectivity index (χ1) is 16.6. The maximum Gasteiger partial charge on any atom is 0.416 e. The van der Waals surface area contributed by atoms with Gasteiger partial charge in [-0.25, -0.2) is 0 Å². The Balaban J connectivity index is 0.00000304. The molecule has 198 valence electrons. The number of piperidine rings is 1. The number of halogens is 4. The van der Waals surface area contributed by atoms with Gasteiger partial charge in [0.05, 0.1) is 22.6 Å². The lowest BCUT2D eigenvalue weighted by atomic mass is 9.93. The van der Waals surface area contributed by atoms with Crippen molar-refractivity contribution in [3.63, 3.8) is 0 Å². The number of hydrogen-bond donors (Lipinski definition) is 3. The minimum Gasteiger partial charge on any atom is -0.380 e. The minimum absolute atomic E-state index is 0. The molecule has 2 saturated heterocycles. The van der Waals surface area contributed by atoms with Crippen LogP contribution >= 0.6 is 24.2 Å². The standard InChI is InChI=1S/C26H34F3N5S.ClH/c1-25(2)7-11-34(16-25)19-3-4-20-22(15-19)35-23-14-17(26(27,28)29)13-21(24(23)32-20)31-18-5-9-33(10-6-18)12-8-30;/h3-4,13-15,18,31-32H,5-12,16,30H2,1-2H3;1H. The second-order valence-corrected chi connectivity index (χ2v) is 11.8. The zero-order valence-corrected chi connectivity index (χ0v) is 22.4. The smallest absolute Gasteiger partial charge is 0.380 e. The topological polar surface area (TPSA) is 56.6 Å². The van der Waals surface area contributed by atoms with E-state index in [4.69, 9.17) is 5.73 Å². The number of nitrogens with two attached hydrogens (primary N) is 1. The molecule has 0 aliphatic carbocycles. The van der Waals surface area contributed by atoms with Gasteiger partial charge in [0, 0.05) is 60.8 Å². The number of fused-ring (bicyclic) bond motifs is 2. The highest BCUT2D eigenvalue weighted by molar-refractivity contribution is 7.99. The van der Waals surface area contributed by atoms with Crippen molar-refractivity contribution in [1.82, 2.24) is 4.90 Å². The summed E-state index contributed by atoms with van der Waals surface area (Å²) in [4.78, 5) is 6.24. The molecule has 3 heterocycles. The first-order valence-corrected chi connectivity index (χ1v) is 13.2. The summed E-state index contributed by atoms with van der Waals surface area (Å²) in [7, 11) is 0. The molecule has 2 fully saturated rings. The fourth-order valence-corrected chi connectivity index (χ4v) is 6.38. The summed E-state index contributed by atoms with van der Waals surface area (Å²) in [6.45, 7) is 9.80. The summed E-state index contributed by atoms with van der Waals surface area (Å²) < 4.78 is 41.4. The lowest BCUT2D eigenvalue weighted by Crippen LogP contribution is -2.41. The molecular formula is C26H35ClF3N5S. The molecule has 10 heteroatoms. The number of anilines is 4. The van der Waals surface area contributed by atoms with Crippen LogP contribution in [-0.4, -0.2) is 50.2 Å². The van der Waals surface area contributed by atoms with Gasteiger partial charge in [0.25, 0.3) is 0 Å². The minimum atomic E-state index is -4.40. The monoisotopic (exact) mass is 541 g/mol. The van der Waals surface area contributed by atoms with E-state index >= 15 is 0 Å². The van der Waals surface area contributed by atoms with E-state index in [1.54, 1.807) is 0 Å². The molecule has 0 aromatic heterocycles. The van der Waals surface area contributed by atoms with Crippen LogP contribution in [-0.2, 0) is 6.18 Å². The molecule has 0 bridgehead atoms. The zero-order chi connectivity index (χ0) is 24.8. The van der Waals surface area contributed by atoms with E-state index in [-0.39, 0.29) is 23.9 Å². The number of benzene rings is 2. The zero-order valence-electron chi connectivity index (χ0n) is 20.8. The molecule has 0 unspecified atom stereocenters. The molecule has 0 spiro atoms. The molecule has 0 saturated carbocycles. The highest BCUT2D eigenvalue weighted by Crippen LogP contribution is 2.51. The maximum atomic E-state index is 13.8. The third-order valence-corrected chi connectivity index (χ3v) is 8.41. The number of alkyl halides is 3. The lowest BCUT2D eigenvalue weighted by molar-refractivity contribution is -0.137. The second-order valence-electron chi connectivity index (χ2n) is 10.7. The van der Waals surface area contributed by atoms with E-state index in [1.807, 2.05) is 0 Å². The maximum absolute atomic E-state index is 13.8. The van der Waals surface area contributed by atoms with Crippen LogP contribution in [0.15, 0.2) is 40.1 Å². The van der Waals surface area contributed by atoms with E-state index in [1.165, 1.54) is 23.9 Å². The third-order valence-electron chi connectivity index (χ3n) is 7.31. The van der Waals surface area contributed by atoms with E-state index in [2.05, 4.69) is 52.5 Å². The molecule has 0 amide bonds. The molecule has 36 heavy (non-hydrogen) atoms. The summed E-state index contributed by atoms with van der Waals surface area (Å²) in [5.41, 5.74) is 8.64. The van der Waals surface area contributed by atoms with Gasteiger partial charge >= 0.3 is 6.18 Å². The van der Waals surface area contributed by atoms with E-state index in [0.717, 1.165) is 73.9 Å². The molecule has 0 radical (unpaired) electrons. The lowest BCUT2D eigenvalue weighted by Gasteiger charge is -2.34. The van der Waals surface area contributed by atoms with Gasteiger partial charge in [-0.15, -0.1) is 12.4 Å². The van der Waals surface area contributed by atoms with Crippen LogP contribution in [0.2, 0.25) is 0 Å². The number of likely N-dealkylation sites (tertiary alicyclic amines) is 1. The highest BCUT2D eigenvalue weighted by atomic mass is 35.5. The van der Waals surface area contributed by atoms with Crippen molar-refractivity contribution in [3.05, 3.63) is 35.9 Å². The number of nitrogens with one attached hydrogen (secondary N) is 2. The fourth-order valence-electron chi connectivity index (χ4n) is 5.29. The molecule has 2 aromatic rings. The van der Waals surface area contributed by atoms with Crippen LogP contribution < -0.4 is 21.3 Å². The molecule has 0 atom stereocenters. The Kier molecular flexibility index (Phi) is 7.95. The van der Waals surface area contributed by atoms with Gasteiger partial charge < -0.3 is 26.2 Å². The molecular weight excluding hydrogens is 507 g/mol. The van der Waals surface area contributed by atoms with Crippen LogP contribution in [0.5, 0.6) is 0 Å². The Hall–Kier alpha value is -1.81. The van der Waals surface area contributed by atoms with Crippen molar-refractivity contribution in [3.8, 4) is 0 Å². The predicted octanol–water partition coefficient (Wildman–Crippen LogP) is 6.41. The molecule has 2 aromatic carbocycles. The largest absolute Gasteiger partial charge is 0.416 e. The van der Waals surface area contributed by atoms with Crippen molar-refractivity contribution >= 4 is 46.9 Å². The Morgan fingerprint density at radius 3 is 2.50 bits per heavy atom. The quantitative estimate of drug-likeness (QED) is 0.347. The number of hydrogen-bond acceptors (Lipinski definition) is 6. The Morgan fingerprint density at radius 2 is 1.86 bits per heavy atom. The van der Waals surface area contributed by atoms with Crippen LogP contribution in [0.3, 0.4) is 0 Å². The average Bonchev–Trinajstić information content (AvgIpc) is 3.18. The summed E-state index contributed by atoms with van der Waals surface area (Å²) >= 11 is 1.42. The third kappa shape index (κ3) is 5.85. The SMILES string of the molecule is CC1(C)CCN(c2ccc3c(c2)Sc2cc(C(F)(F)F)cc(NC4CCN(CCN)CC4)c2N3)C1.Cl. The van der Waals surface area contributed by atoms with Gasteiger partial charge in [-0.1, -0.05) is 25.6 Å². The van der Waals surface area contributed by atoms with E-state index < -0.39 is 11.7 Å². The second kappa shape index (κ2) is 10.5. The molecule has 5 nitrogen and oxygen atoms in total. The van der Waals surface area contributed by atoms with Gasteiger partial charge in [0.1, 0.15) is 0 Å². The summed E-state index contributed by atoms with van der Waals surface area (Å²) in [6, 6.07) is 8.94. The first-order valence-electron chi connectivity index (χ1n) is 12.4. The van der Waals surface area contributed by atoms with Crippen molar-refractivity contribution in [1.29, 1.82) is 0 Å². The highest BCUT2D eigenvalue weighted by Gasteiger charge is 2.35. The molecule has 3 aliphatic heterocycles. The summed E-state index contributed by atoms with van der Waals surface area (Å²) in [5, 5.41) is 6.88. The van der Waals surface area contributed by atoms with Crippen molar-refractivity contribution < 1.29 is 13.2 Å². The average molecular weight is 542 g/mol. The summed E-state index contributed by atoms with van der Waals surface area (Å²) in [6.07, 6.45) is -1.51. The van der Waals surface area contributed by atoms with Crippen LogP contribution in [0.25, 0.3) is 0 Å². The van der Waals surface area contributed by atoms with Gasteiger partial charge in [0.2, 0.25) is 0 Å².